The Labute approximate surface area is 117 Å². The van der Waals surface area contributed by atoms with Gasteiger partial charge in [0.15, 0.2) is 0 Å². The first-order chi connectivity index (χ1) is 8.52. The van der Waals surface area contributed by atoms with Crippen LogP contribution in [0.15, 0.2) is 0 Å². The monoisotopic (exact) mass is 316 g/mol. The summed E-state index contributed by atoms with van der Waals surface area (Å²) in [7, 11) is 2.89. The lowest BCUT2D eigenvalue weighted by Gasteiger charge is -2.39. The molecule has 1 unspecified atom stereocenters. The second kappa shape index (κ2) is 8.65. The summed E-state index contributed by atoms with van der Waals surface area (Å²) in [6, 6.07) is 0.787. The van der Waals surface area contributed by atoms with Gasteiger partial charge in [-0.15, -0.1) is 11.6 Å². The lowest BCUT2D eigenvalue weighted by Crippen LogP contribution is -2.59. The van der Waals surface area contributed by atoms with Crippen molar-refractivity contribution >= 4 is 29.0 Å². The minimum absolute atomic E-state index is 0.0387. The van der Waals surface area contributed by atoms with Gasteiger partial charge in [0.05, 0.1) is 5.16 Å². The first kappa shape index (κ1) is 18.5. The molecule has 8 heteroatoms. The molecule has 0 saturated heterocycles. The minimum Gasteiger partial charge on any atom is -0.397 e. The summed E-state index contributed by atoms with van der Waals surface area (Å²) in [5.41, 5.74) is 0. The van der Waals surface area contributed by atoms with Gasteiger partial charge in [0.1, 0.15) is 0 Å². The molecular formula is C10H25ClO5Si2. The van der Waals surface area contributed by atoms with E-state index in [-0.39, 0.29) is 5.16 Å². The van der Waals surface area contributed by atoms with Crippen LogP contribution in [0.2, 0.25) is 11.2 Å². The van der Waals surface area contributed by atoms with Crippen molar-refractivity contribution in [1.29, 1.82) is 0 Å². The van der Waals surface area contributed by atoms with E-state index < -0.39 is 17.4 Å². The molecule has 0 rings (SSSR count). The van der Waals surface area contributed by atoms with Crippen LogP contribution in [0.25, 0.3) is 0 Å². The SMILES string of the molecule is CO[Si](CCCCl)(OC)C(C)[Si](OC)(OC)OC. The summed E-state index contributed by atoms with van der Waals surface area (Å²) in [5, 5.41) is -0.0387. The van der Waals surface area contributed by atoms with Gasteiger partial charge in [0.25, 0.3) is 0 Å². The minimum atomic E-state index is -2.78. The highest BCUT2D eigenvalue weighted by atomic mass is 35.5. The lowest BCUT2D eigenvalue weighted by molar-refractivity contribution is 0.111. The molecule has 0 N–H and O–H groups in total. The van der Waals surface area contributed by atoms with Crippen LogP contribution in [0.3, 0.4) is 0 Å². The van der Waals surface area contributed by atoms with Crippen LogP contribution in [0, 0.1) is 0 Å². The van der Waals surface area contributed by atoms with Crippen molar-refractivity contribution in [1.82, 2.24) is 0 Å². The third-order valence-electron chi connectivity index (χ3n) is 3.39. The fourth-order valence-corrected chi connectivity index (χ4v) is 10.9. The maximum absolute atomic E-state index is 5.77. The van der Waals surface area contributed by atoms with E-state index in [1.807, 2.05) is 6.92 Å². The quantitative estimate of drug-likeness (QED) is 0.456. The zero-order chi connectivity index (χ0) is 14.2. The third kappa shape index (κ3) is 3.76. The van der Waals surface area contributed by atoms with Gasteiger partial charge in [-0.3, -0.25) is 0 Å². The van der Waals surface area contributed by atoms with Crippen molar-refractivity contribution in [3.8, 4) is 0 Å². The first-order valence-electron chi connectivity index (χ1n) is 5.84. The van der Waals surface area contributed by atoms with Crippen molar-refractivity contribution < 1.29 is 22.1 Å². The highest BCUT2D eigenvalue weighted by Gasteiger charge is 2.58. The number of hydrogen-bond donors (Lipinski definition) is 0. The molecule has 0 saturated carbocycles. The van der Waals surface area contributed by atoms with Gasteiger partial charge in [0.2, 0.25) is 0 Å². The van der Waals surface area contributed by atoms with E-state index in [2.05, 4.69) is 0 Å². The van der Waals surface area contributed by atoms with Crippen LogP contribution in [0.4, 0.5) is 0 Å². The molecule has 0 aromatic carbocycles. The van der Waals surface area contributed by atoms with Gasteiger partial charge in [-0.1, -0.05) is 6.92 Å². The van der Waals surface area contributed by atoms with Crippen LogP contribution < -0.4 is 0 Å². The Hall–Kier alpha value is 0.524. The Morgan fingerprint density at radius 3 is 1.61 bits per heavy atom. The average molecular weight is 317 g/mol. The van der Waals surface area contributed by atoms with Crippen molar-refractivity contribution in [2.24, 2.45) is 0 Å². The normalized spacial score (nSPS) is 14.8. The van der Waals surface area contributed by atoms with Crippen molar-refractivity contribution in [2.75, 3.05) is 41.4 Å². The fourth-order valence-electron chi connectivity index (χ4n) is 2.22. The molecular weight excluding hydrogens is 292 g/mol. The molecule has 0 aliphatic carbocycles. The maximum atomic E-state index is 5.77. The van der Waals surface area contributed by atoms with E-state index in [1.54, 1.807) is 35.5 Å². The van der Waals surface area contributed by atoms with Crippen LogP contribution >= 0.6 is 11.6 Å². The molecule has 1 atom stereocenters. The highest BCUT2D eigenvalue weighted by molar-refractivity contribution is 6.85. The number of alkyl halides is 1. The Morgan fingerprint density at radius 1 is 0.889 bits per heavy atom. The van der Waals surface area contributed by atoms with Crippen LogP contribution in [-0.4, -0.2) is 58.8 Å². The van der Waals surface area contributed by atoms with Crippen LogP contribution in [0.1, 0.15) is 13.3 Å². The van der Waals surface area contributed by atoms with Crippen LogP contribution in [-0.2, 0) is 22.1 Å². The summed E-state index contributed by atoms with van der Waals surface area (Å²) >= 11 is 5.77. The number of halogens is 1. The summed E-state index contributed by atoms with van der Waals surface area (Å²) in [6.45, 7) is 2.01. The van der Waals surface area contributed by atoms with Gasteiger partial charge in [-0.05, 0) is 12.5 Å². The molecule has 0 fully saturated rings. The molecule has 0 radical (unpaired) electrons. The molecule has 0 heterocycles. The summed E-state index contributed by atoms with van der Waals surface area (Å²) in [4.78, 5) is 0. The van der Waals surface area contributed by atoms with E-state index in [1.165, 1.54) is 0 Å². The summed E-state index contributed by atoms with van der Waals surface area (Å²) in [6.07, 6.45) is 0.835. The second-order valence-electron chi connectivity index (χ2n) is 3.95. The Bertz CT molecular complexity index is 216. The second-order valence-corrected chi connectivity index (χ2v) is 12.0. The molecule has 0 aromatic heterocycles. The van der Waals surface area contributed by atoms with Gasteiger partial charge in [0, 0.05) is 41.4 Å². The topological polar surface area (TPSA) is 46.2 Å². The highest BCUT2D eigenvalue weighted by Crippen LogP contribution is 2.37. The molecule has 0 aromatic rings. The number of hydrogen-bond acceptors (Lipinski definition) is 5. The van der Waals surface area contributed by atoms with Gasteiger partial charge in [-0.2, -0.15) is 0 Å². The van der Waals surface area contributed by atoms with E-state index in [0.29, 0.717) is 5.88 Å². The van der Waals surface area contributed by atoms with Gasteiger partial charge >= 0.3 is 17.4 Å². The molecule has 5 nitrogen and oxygen atoms in total. The largest absolute Gasteiger partial charge is 0.505 e. The summed E-state index contributed by atoms with van der Waals surface area (Å²) < 4.78 is 28.0. The van der Waals surface area contributed by atoms with Crippen molar-refractivity contribution in [3.05, 3.63) is 0 Å². The van der Waals surface area contributed by atoms with E-state index in [0.717, 1.165) is 12.5 Å². The molecule has 0 aliphatic heterocycles. The molecule has 0 spiro atoms. The maximum Gasteiger partial charge on any atom is 0.505 e. The predicted molar refractivity (Wildman–Crippen MR) is 76.1 cm³/mol. The Morgan fingerprint density at radius 2 is 1.33 bits per heavy atom. The fraction of sp³-hybridized carbons (Fsp3) is 1.00. The van der Waals surface area contributed by atoms with Crippen LogP contribution in [0.5, 0.6) is 0 Å². The average Bonchev–Trinajstić information content (AvgIpc) is 2.43. The Balaban J connectivity index is 5.20. The predicted octanol–water partition coefficient (Wildman–Crippen LogP) is 2.16. The molecule has 18 heavy (non-hydrogen) atoms. The van der Waals surface area contributed by atoms with E-state index in [9.17, 15) is 0 Å². The summed E-state index contributed by atoms with van der Waals surface area (Å²) in [5.74, 6) is 0.579. The van der Waals surface area contributed by atoms with Crippen molar-refractivity contribution in [2.45, 2.75) is 24.6 Å². The lowest BCUT2D eigenvalue weighted by atomic mass is 10.6. The first-order valence-corrected chi connectivity index (χ1v) is 10.3. The molecule has 0 bridgehead atoms. The molecule has 110 valence electrons. The van der Waals surface area contributed by atoms with Gasteiger partial charge in [-0.25, -0.2) is 0 Å². The third-order valence-corrected chi connectivity index (χ3v) is 12.6. The van der Waals surface area contributed by atoms with Crippen molar-refractivity contribution in [3.63, 3.8) is 0 Å². The molecule has 0 aliphatic rings. The van der Waals surface area contributed by atoms with E-state index >= 15 is 0 Å². The molecule has 0 amide bonds. The zero-order valence-electron chi connectivity index (χ0n) is 12.1. The van der Waals surface area contributed by atoms with Gasteiger partial charge < -0.3 is 22.1 Å². The Kier molecular flexibility index (Phi) is 8.90. The van der Waals surface area contributed by atoms with E-state index in [4.69, 9.17) is 33.7 Å². The standard InChI is InChI=1S/C10H25ClO5Si2/c1-10(18(14-4,15-5)16-6)17(12-2,13-3)9-7-8-11/h10H,7-9H2,1-6H3. The zero-order valence-corrected chi connectivity index (χ0v) is 14.9. The number of rotatable bonds is 10. The smallest absolute Gasteiger partial charge is 0.397 e.